The summed E-state index contributed by atoms with van der Waals surface area (Å²) in [6.45, 7) is 5.34. The molecule has 0 aliphatic rings. The van der Waals surface area contributed by atoms with Crippen LogP contribution in [-0.4, -0.2) is 46.0 Å². The minimum atomic E-state index is -1.05. The lowest BCUT2D eigenvalue weighted by atomic mass is 10.3. The molecule has 0 unspecified atom stereocenters. The molecule has 1 heterocycles. The van der Waals surface area contributed by atoms with Crippen molar-refractivity contribution in [2.75, 3.05) is 13.2 Å². The molecule has 0 fully saturated rings. The van der Waals surface area contributed by atoms with Crippen molar-refractivity contribution >= 4 is 11.9 Å². The highest BCUT2D eigenvalue weighted by Gasteiger charge is 2.11. The molecule has 20 heavy (non-hydrogen) atoms. The third-order valence-electron chi connectivity index (χ3n) is 2.58. The summed E-state index contributed by atoms with van der Waals surface area (Å²) in [5, 5.41) is 15.5. The lowest BCUT2D eigenvalue weighted by molar-refractivity contribution is -0.121. The maximum absolute atomic E-state index is 11.6. The highest BCUT2D eigenvalue weighted by atomic mass is 16.5. The number of aryl methyl sites for hydroxylation is 1. The summed E-state index contributed by atoms with van der Waals surface area (Å²) in [6, 6.07) is 1.41. The lowest BCUT2D eigenvalue weighted by Crippen LogP contribution is -2.27. The molecular formula is C13H21N3O4. The van der Waals surface area contributed by atoms with Crippen molar-refractivity contribution in [2.45, 2.75) is 39.3 Å². The van der Waals surface area contributed by atoms with E-state index in [0.717, 1.165) is 6.42 Å². The number of hydrogen-bond donors (Lipinski definition) is 2. The average Bonchev–Trinajstić information content (AvgIpc) is 2.84. The van der Waals surface area contributed by atoms with Crippen molar-refractivity contribution in [1.29, 1.82) is 0 Å². The maximum atomic E-state index is 11.6. The van der Waals surface area contributed by atoms with Crippen LogP contribution in [0.5, 0.6) is 0 Å². The summed E-state index contributed by atoms with van der Waals surface area (Å²) in [7, 11) is 0. The summed E-state index contributed by atoms with van der Waals surface area (Å²) in [5.41, 5.74) is 0.0862. The second-order valence-electron chi connectivity index (χ2n) is 4.62. The molecule has 0 aromatic carbocycles. The molecule has 0 aliphatic carbocycles. The summed E-state index contributed by atoms with van der Waals surface area (Å²) < 4.78 is 6.66. The van der Waals surface area contributed by atoms with Crippen LogP contribution in [0.2, 0.25) is 0 Å². The minimum Gasteiger partial charge on any atom is -0.477 e. The molecule has 0 radical (unpaired) electrons. The van der Waals surface area contributed by atoms with E-state index in [0.29, 0.717) is 13.2 Å². The van der Waals surface area contributed by atoms with E-state index in [2.05, 4.69) is 10.4 Å². The zero-order valence-electron chi connectivity index (χ0n) is 11.8. The molecule has 7 nitrogen and oxygen atoms in total. The first kappa shape index (κ1) is 16.2. The second-order valence-corrected chi connectivity index (χ2v) is 4.62. The maximum Gasteiger partial charge on any atom is 0.354 e. The molecule has 0 aliphatic heterocycles. The van der Waals surface area contributed by atoms with Crippen LogP contribution >= 0.6 is 0 Å². The Balaban J connectivity index is 2.20. The van der Waals surface area contributed by atoms with Crippen LogP contribution in [0.15, 0.2) is 12.3 Å². The number of carbonyl (C=O) groups excluding carboxylic acids is 1. The van der Waals surface area contributed by atoms with Crippen LogP contribution in [0.25, 0.3) is 0 Å². The monoisotopic (exact) mass is 283 g/mol. The summed E-state index contributed by atoms with van der Waals surface area (Å²) in [5.74, 6) is -1.17. The Hall–Kier alpha value is -1.89. The van der Waals surface area contributed by atoms with E-state index in [4.69, 9.17) is 9.84 Å². The van der Waals surface area contributed by atoms with Gasteiger partial charge in [-0.15, -0.1) is 0 Å². The first-order valence-electron chi connectivity index (χ1n) is 6.64. The molecular weight excluding hydrogens is 262 g/mol. The number of aromatic carboxylic acids is 1. The molecule has 1 amide bonds. The van der Waals surface area contributed by atoms with Gasteiger partial charge in [0.1, 0.15) is 5.69 Å². The fraction of sp³-hybridized carbons (Fsp3) is 0.615. The molecule has 1 rings (SSSR count). The molecule has 2 N–H and O–H groups in total. The Morgan fingerprint density at radius 2 is 2.25 bits per heavy atom. The van der Waals surface area contributed by atoms with Gasteiger partial charge in [-0.2, -0.15) is 5.10 Å². The van der Waals surface area contributed by atoms with Crippen LogP contribution in [0.1, 0.15) is 37.2 Å². The first-order valence-corrected chi connectivity index (χ1v) is 6.64. The normalized spacial score (nSPS) is 10.8. The Bertz CT molecular complexity index is 443. The number of hydrogen-bond acceptors (Lipinski definition) is 4. The standard InChI is InChI=1S/C13H21N3O4/c1-10(2)20-9-3-6-14-12(17)5-8-16-11(13(18)19)4-7-15-16/h4,7,10H,3,5-6,8-9H2,1-2H3,(H,14,17)(H,18,19). The fourth-order valence-corrected chi connectivity index (χ4v) is 1.61. The number of aromatic nitrogens is 2. The molecule has 0 spiro atoms. The number of ether oxygens (including phenoxy) is 1. The highest BCUT2D eigenvalue weighted by Crippen LogP contribution is 2.00. The van der Waals surface area contributed by atoms with E-state index >= 15 is 0 Å². The quantitative estimate of drug-likeness (QED) is 0.657. The number of amides is 1. The van der Waals surface area contributed by atoms with Gasteiger partial charge in [0.15, 0.2) is 0 Å². The summed E-state index contributed by atoms with van der Waals surface area (Å²) in [4.78, 5) is 22.4. The summed E-state index contributed by atoms with van der Waals surface area (Å²) >= 11 is 0. The Kier molecular flexibility index (Phi) is 6.72. The molecule has 1 aromatic rings. The Morgan fingerprint density at radius 3 is 2.90 bits per heavy atom. The van der Waals surface area contributed by atoms with Crippen molar-refractivity contribution < 1.29 is 19.4 Å². The topological polar surface area (TPSA) is 93.5 Å². The van der Waals surface area contributed by atoms with Crippen LogP contribution in [0.4, 0.5) is 0 Å². The second kappa shape index (κ2) is 8.31. The first-order chi connectivity index (χ1) is 9.50. The van der Waals surface area contributed by atoms with E-state index in [1.165, 1.54) is 16.9 Å². The van der Waals surface area contributed by atoms with Gasteiger partial charge in [0.05, 0.1) is 12.6 Å². The van der Waals surface area contributed by atoms with Gasteiger partial charge < -0.3 is 15.2 Å². The van der Waals surface area contributed by atoms with Gasteiger partial charge in [-0.05, 0) is 26.3 Å². The van der Waals surface area contributed by atoms with E-state index in [-0.39, 0.29) is 30.7 Å². The van der Waals surface area contributed by atoms with Crippen molar-refractivity contribution in [1.82, 2.24) is 15.1 Å². The van der Waals surface area contributed by atoms with Gasteiger partial charge in [0, 0.05) is 25.8 Å². The van der Waals surface area contributed by atoms with Gasteiger partial charge in [-0.25, -0.2) is 4.79 Å². The van der Waals surface area contributed by atoms with Crippen LogP contribution in [0.3, 0.4) is 0 Å². The van der Waals surface area contributed by atoms with Crippen molar-refractivity contribution in [3.63, 3.8) is 0 Å². The minimum absolute atomic E-state index is 0.0862. The van der Waals surface area contributed by atoms with Gasteiger partial charge in [0.2, 0.25) is 5.91 Å². The van der Waals surface area contributed by atoms with E-state index in [1.54, 1.807) is 0 Å². The van der Waals surface area contributed by atoms with Gasteiger partial charge in [-0.1, -0.05) is 0 Å². The van der Waals surface area contributed by atoms with Crippen molar-refractivity contribution in [3.05, 3.63) is 18.0 Å². The van der Waals surface area contributed by atoms with Crippen LogP contribution in [-0.2, 0) is 16.1 Å². The predicted octanol–water partition coefficient (Wildman–Crippen LogP) is 0.903. The zero-order valence-corrected chi connectivity index (χ0v) is 11.8. The molecule has 0 atom stereocenters. The van der Waals surface area contributed by atoms with E-state index in [9.17, 15) is 9.59 Å². The number of carboxylic acids is 1. The van der Waals surface area contributed by atoms with Gasteiger partial charge >= 0.3 is 5.97 Å². The molecule has 1 aromatic heterocycles. The summed E-state index contributed by atoms with van der Waals surface area (Å²) in [6.07, 6.45) is 2.56. The third-order valence-corrected chi connectivity index (χ3v) is 2.58. The number of nitrogens with zero attached hydrogens (tertiary/aromatic N) is 2. The average molecular weight is 283 g/mol. The Labute approximate surface area is 117 Å². The highest BCUT2D eigenvalue weighted by molar-refractivity contribution is 5.85. The smallest absolute Gasteiger partial charge is 0.354 e. The molecule has 112 valence electrons. The van der Waals surface area contributed by atoms with Gasteiger partial charge in [0.25, 0.3) is 0 Å². The molecule has 0 saturated carbocycles. The van der Waals surface area contributed by atoms with Crippen LogP contribution in [0, 0.1) is 0 Å². The zero-order chi connectivity index (χ0) is 15.0. The van der Waals surface area contributed by atoms with E-state index in [1.807, 2.05) is 13.8 Å². The third kappa shape index (κ3) is 5.83. The number of rotatable bonds is 9. The van der Waals surface area contributed by atoms with Crippen molar-refractivity contribution in [2.24, 2.45) is 0 Å². The number of nitrogens with one attached hydrogen (secondary N) is 1. The van der Waals surface area contributed by atoms with Crippen molar-refractivity contribution in [3.8, 4) is 0 Å². The largest absolute Gasteiger partial charge is 0.477 e. The Morgan fingerprint density at radius 1 is 1.50 bits per heavy atom. The lowest BCUT2D eigenvalue weighted by Gasteiger charge is -2.08. The van der Waals surface area contributed by atoms with E-state index < -0.39 is 5.97 Å². The number of carboxylic acid groups (broad SMARTS) is 1. The van der Waals surface area contributed by atoms with Crippen LogP contribution < -0.4 is 5.32 Å². The number of carbonyl (C=O) groups is 2. The fourth-order valence-electron chi connectivity index (χ4n) is 1.61. The molecule has 0 saturated heterocycles. The molecule has 7 heteroatoms. The predicted molar refractivity (Wildman–Crippen MR) is 72.5 cm³/mol. The van der Waals surface area contributed by atoms with Gasteiger partial charge in [-0.3, -0.25) is 9.48 Å². The SMILES string of the molecule is CC(C)OCCCNC(=O)CCn1nccc1C(=O)O. The molecule has 0 bridgehead atoms.